The molecule has 2 rings (SSSR count). The van der Waals surface area contributed by atoms with Gasteiger partial charge in [-0.05, 0) is 12.1 Å². The molecule has 2 heteroatoms. The fraction of sp³-hybridized carbons (Fsp3) is 0.250. The molecule has 1 N–H and O–H groups in total. The van der Waals surface area contributed by atoms with Crippen molar-refractivity contribution in [3.63, 3.8) is 0 Å². The number of β-amino-alcohol motifs (C(OH)–C–C–N with tert-alkyl or cyclic N) is 1. The van der Waals surface area contributed by atoms with Gasteiger partial charge in [0.25, 0.3) is 0 Å². The summed E-state index contributed by atoms with van der Waals surface area (Å²) in [5.74, 6) is 0. The largest absolute Gasteiger partial charge is 0.372 e. The summed E-state index contributed by atoms with van der Waals surface area (Å²) in [4.78, 5) is 1.93. The van der Waals surface area contributed by atoms with E-state index < -0.39 is 0 Å². The second-order valence-electron chi connectivity index (χ2n) is 2.47. The van der Waals surface area contributed by atoms with Crippen molar-refractivity contribution in [3.05, 3.63) is 30.3 Å². The van der Waals surface area contributed by atoms with Crippen LogP contribution in [0.2, 0.25) is 0 Å². The Hall–Kier alpha value is -1.02. The highest BCUT2D eigenvalue weighted by Crippen LogP contribution is 2.24. The number of aliphatic hydroxyl groups excluding tert-OH is 1. The lowest BCUT2D eigenvalue weighted by Gasteiger charge is -1.99. The van der Waals surface area contributed by atoms with Crippen LogP contribution in [0, 0.1) is 0 Å². The van der Waals surface area contributed by atoms with Gasteiger partial charge in [0.2, 0.25) is 0 Å². The van der Waals surface area contributed by atoms with Crippen molar-refractivity contribution < 1.29 is 5.11 Å². The van der Waals surface area contributed by atoms with Gasteiger partial charge in [-0.1, -0.05) is 18.2 Å². The molecule has 0 amide bonds. The molecule has 1 heterocycles. The SMILES string of the molecule is OC1CN1c1ccccc1. The highest BCUT2D eigenvalue weighted by atomic mass is 16.3. The van der Waals surface area contributed by atoms with Crippen LogP contribution in [0.15, 0.2) is 30.3 Å². The maximum atomic E-state index is 9.01. The zero-order valence-electron chi connectivity index (χ0n) is 5.57. The summed E-state index contributed by atoms with van der Waals surface area (Å²) in [7, 11) is 0. The molecule has 52 valence electrons. The first-order chi connectivity index (χ1) is 4.88. The monoisotopic (exact) mass is 135 g/mol. The molecule has 1 fully saturated rings. The van der Waals surface area contributed by atoms with E-state index in [4.69, 9.17) is 5.11 Å². The van der Waals surface area contributed by atoms with Gasteiger partial charge in [-0.15, -0.1) is 0 Å². The third-order valence-electron chi connectivity index (χ3n) is 1.67. The number of hydrogen-bond donors (Lipinski definition) is 1. The lowest BCUT2D eigenvalue weighted by Crippen LogP contribution is -1.95. The molecular weight excluding hydrogens is 126 g/mol. The minimum absolute atomic E-state index is 0.234. The number of benzene rings is 1. The van der Waals surface area contributed by atoms with Crippen LogP contribution >= 0.6 is 0 Å². The van der Waals surface area contributed by atoms with E-state index in [9.17, 15) is 0 Å². The first-order valence-corrected chi connectivity index (χ1v) is 3.38. The van der Waals surface area contributed by atoms with E-state index in [1.807, 2.05) is 35.2 Å². The van der Waals surface area contributed by atoms with Crippen LogP contribution < -0.4 is 4.90 Å². The minimum Gasteiger partial charge on any atom is -0.372 e. The van der Waals surface area contributed by atoms with Crippen molar-refractivity contribution in [3.8, 4) is 0 Å². The number of rotatable bonds is 1. The number of hydrogen-bond acceptors (Lipinski definition) is 2. The molecule has 0 spiro atoms. The minimum atomic E-state index is -0.234. The van der Waals surface area contributed by atoms with Gasteiger partial charge in [0, 0.05) is 5.69 Å². The summed E-state index contributed by atoms with van der Waals surface area (Å²) in [5.41, 5.74) is 1.11. The first-order valence-electron chi connectivity index (χ1n) is 3.38. The molecule has 1 aliphatic heterocycles. The summed E-state index contributed by atoms with van der Waals surface area (Å²) >= 11 is 0. The molecule has 1 aliphatic rings. The molecule has 0 aliphatic carbocycles. The second kappa shape index (κ2) is 1.99. The maximum Gasteiger partial charge on any atom is 0.144 e. The standard InChI is InChI=1S/C8H9NO/c10-8-6-9(8)7-4-2-1-3-5-7/h1-5,8,10H,6H2. The fourth-order valence-corrected chi connectivity index (χ4v) is 1.03. The van der Waals surface area contributed by atoms with Gasteiger partial charge >= 0.3 is 0 Å². The Morgan fingerprint density at radius 2 is 1.90 bits per heavy atom. The lowest BCUT2D eigenvalue weighted by molar-refractivity contribution is 0.284. The topological polar surface area (TPSA) is 23.2 Å². The molecular formula is C8H9NO. The molecule has 1 aromatic rings. The molecule has 2 nitrogen and oxygen atoms in total. The van der Waals surface area contributed by atoms with Gasteiger partial charge in [-0.3, -0.25) is 0 Å². The van der Waals surface area contributed by atoms with E-state index in [1.54, 1.807) is 0 Å². The quantitative estimate of drug-likeness (QED) is 0.576. The molecule has 1 atom stereocenters. The number of anilines is 1. The number of aliphatic hydroxyl groups is 1. The van der Waals surface area contributed by atoms with Crippen LogP contribution in [-0.4, -0.2) is 17.9 Å². The maximum absolute atomic E-state index is 9.01. The summed E-state index contributed by atoms with van der Waals surface area (Å²) in [6, 6.07) is 9.91. The molecule has 10 heavy (non-hydrogen) atoms. The van der Waals surface area contributed by atoms with Crippen molar-refractivity contribution in [2.24, 2.45) is 0 Å². The number of nitrogens with zero attached hydrogens (tertiary/aromatic N) is 1. The molecule has 0 aromatic heterocycles. The highest BCUT2D eigenvalue weighted by Gasteiger charge is 2.31. The second-order valence-corrected chi connectivity index (χ2v) is 2.47. The van der Waals surface area contributed by atoms with Crippen LogP contribution in [0.1, 0.15) is 0 Å². The molecule has 1 aromatic carbocycles. The van der Waals surface area contributed by atoms with Gasteiger partial charge in [-0.25, -0.2) is 0 Å². The van der Waals surface area contributed by atoms with Gasteiger partial charge < -0.3 is 10.0 Å². The smallest absolute Gasteiger partial charge is 0.144 e. The Morgan fingerprint density at radius 1 is 1.30 bits per heavy atom. The van der Waals surface area contributed by atoms with Crippen molar-refractivity contribution in [2.45, 2.75) is 6.23 Å². The Balaban J connectivity index is 2.20. The zero-order valence-corrected chi connectivity index (χ0v) is 5.57. The highest BCUT2D eigenvalue weighted by molar-refractivity contribution is 5.51. The van der Waals surface area contributed by atoms with E-state index in [0.29, 0.717) is 0 Å². The first kappa shape index (κ1) is 5.74. The molecule has 0 bridgehead atoms. The van der Waals surface area contributed by atoms with Gasteiger partial charge in [0.15, 0.2) is 0 Å². The summed E-state index contributed by atoms with van der Waals surface area (Å²) in [6.45, 7) is 0.782. The fourth-order valence-electron chi connectivity index (χ4n) is 1.03. The molecule has 0 saturated carbocycles. The third kappa shape index (κ3) is 0.866. The Labute approximate surface area is 59.7 Å². The normalized spacial score (nSPS) is 22.9. The van der Waals surface area contributed by atoms with Crippen LogP contribution in [-0.2, 0) is 0 Å². The Kier molecular flexibility index (Phi) is 1.14. The summed E-state index contributed by atoms with van der Waals surface area (Å²) in [5, 5.41) is 9.01. The average molecular weight is 135 g/mol. The van der Waals surface area contributed by atoms with Gasteiger partial charge in [0.1, 0.15) is 6.23 Å². The lowest BCUT2D eigenvalue weighted by atomic mass is 10.3. The van der Waals surface area contributed by atoms with Crippen LogP contribution in [0.5, 0.6) is 0 Å². The number of para-hydroxylation sites is 1. The van der Waals surface area contributed by atoms with E-state index in [1.165, 1.54) is 0 Å². The predicted molar refractivity (Wildman–Crippen MR) is 39.8 cm³/mol. The van der Waals surface area contributed by atoms with Crippen molar-refractivity contribution in [1.82, 2.24) is 0 Å². The van der Waals surface area contributed by atoms with Crippen molar-refractivity contribution >= 4 is 5.69 Å². The van der Waals surface area contributed by atoms with Crippen LogP contribution in [0.4, 0.5) is 5.69 Å². The third-order valence-corrected chi connectivity index (χ3v) is 1.67. The van der Waals surface area contributed by atoms with Crippen molar-refractivity contribution in [2.75, 3.05) is 11.4 Å². The van der Waals surface area contributed by atoms with E-state index in [2.05, 4.69) is 0 Å². The summed E-state index contributed by atoms with van der Waals surface area (Å²) in [6.07, 6.45) is -0.234. The van der Waals surface area contributed by atoms with Crippen LogP contribution in [0.25, 0.3) is 0 Å². The summed E-state index contributed by atoms with van der Waals surface area (Å²) < 4.78 is 0. The van der Waals surface area contributed by atoms with E-state index >= 15 is 0 Å². The Morgan fingerprint density at radius 3 is 2.40 bits per heavy atom. The Bertz CT molecular complexity index is 222. The van der Waals surface area contributed by atoms with Crippen LogP contribution in [0.3, 0.4) is 0 Å². The average Bonchev–Trinajstić information content (AvgIpc) is 2.69. The van der Waals surface area contributed by atoms with E-state index in [0.717, 1.165) is 12.2 Å². The van der Waals surface area contributed by atoms with Gasteiger partial charge in [-0.2, -0.15) is 0 Å². The zero-order chi connectivity index (χ0) is 6.97. The molecule has 1 unspecified atom stereocenters. The molecule has 0 radical (unpaired) electrons. The van der Waals surface area contributed by atoms with Gasteiger partial charge in [0.05, 0.1) is 6.54 Å². The molecule has 1 saturated heterocycles. The van der Waals surface area contributed by atoms with E-state index in [-0.39, 0.29) is 6.23 Å². The predicted octanol–water partition coefficient (Wildman–Crippen LogP) is 0.825. The van der Waals surface area contributed by atoms with Crippen molar-refractivity contribution in [1.29, 1.82) is 0 Å².